The fourth-order valence-corrected chi connectivity index (χ4v) is 2.44. The number of carboxylic acids is 1. The van der Waals surface area contributed by atoms with Gasteiger partial charge in [-0.15, -0.1) is 0 Å². The van der Waals surface area contributed by atoms with Crippen LogP contribution < -0.4 is 0 Å². The van der Waals surface area contributed by atoms with Gasteiger partial charge in [-0.3, -0.25) is 4.79 Å². The SMILES string of the molecule is Cc1cccc(C(CS(C)(=O)=O)C(=O)O)c1. The molecule has 4 nitrogen and oxygen atoms in total. The minimum Gasteiger partial charge on any atom is -0.481 e. The number of rotatable bonds is 4. The van der Waals surface area contributed by atoms with Crippen molar-refractivity contribution < 1.29 is 18.3 Å². The predicted molar refractivity (Wildman–Crippen MR) is 61.3 cm³/mol. The highest BCUT2D eigenvalue weighted by atomic mass is 32.2. The lowest BCUT2D eigenvalue weighted by Gasteiger charge is -2.11. The van der Waals surface area contributed by atoms with Crippen LogP contribution >= 0.6 is 0 Å². The number of sulfone groups is 1. The Kier molecular flexibility index (Phi) is 3.70. The smallest absolute Gasteiger partial charge is 0.312 e. The first-order valence-electron chi connectivity index (χ1n) is 4.76. The van der Waals surface area contributed by atoms with Crippen molar-refractivity contribution in [3.63, 3.8) is 0 Å². The Morgan fingerprint density at radius 1 is 1.44 bits per heavy atom. The van der Waals surface area contributed by atoms with Crippen LogP contribution in [-0.4, -0.2) is 31.5 Å². The van der Waals surface area contributed by atoms with Crippen LogP contribution in [0.3, 0.4) is 0 Å². The van der Waals surface area contributed by atoms with Gasteiger partial charge in [0.15, 0.2) is 0 Å². The molecule has 0 saturated heterocycles. The van der Waals surface area contributed by atoms with Crippen LogP contribution in [0.1, 0.15) is 17.0 Å². The summed E-state index contributed by atoms with van der Waals surface area (Å²) in [4.78, 5) is 11.0. The van der Waals surface area contributed by atoms with Crippen molar-refractivity contribution in [1.29, 1.82) is 0 Å². The molecule has 1 aromatic carbocycles. The highest BCUT2D eigenvalue weighted by Crippen LogP contribution is 2.19. The van der Waals surface area contributed by atoms with E-state index in [0.29, 0.717) is 5.56 Å². The number of carbonyl (C=O) groups is 1. The molecule has 16 heavy (non-hydrogen) atoms. The summed E-state index contributed by atoms with van der Waals surface area (Å²) >= 11 is 0. The summed E-state index contributed by atoms with van der Waals surface area (Å²) in [6, 6.07) is 6.90. The van der Waals surface area contributed by atoms with Crippen molar-refractivity contribution in [2.24, 2.45) is 0 Å². The molecule has 1 unspecified atom stereocenters. The van der Waals surface area contributed by atoms with E-state index in [-0.39, 0.29) is 5.75 Å². The predicted octanol–water partition coefficient (Wildman–Crippen LogP) is 1.21. The van der Waals surface area contributed by atoms with Gasteiger partial charge in [0.2, 0.25) is 0 Å². The van der Waals surface area contributed by atoms with E-state index in [1.165, 1.54) is 0 Å². The Hall–Kier alpha value is -1.36. The van der Waals surface area contributed by atoms with Crippen molar-refractivity contribution in [2.75, 3.05) is 12.0 Å². The van der Waals surface area contributed by atoms with Gasteiger partial charge in [-0.05, 0) is 12.5 Å². The Labute approximate surface area is 94.8 Å². The summed E-state index contributed by atoms with van der Waals surface area (Å²) in [6.45, 7) is 1.84. The second kappa shape index (κ2) is 4.65. The Bertz CT molecular complexity index is 490. The van der Waals surface area contributed by atoms with E-state index in [9.17, 15) is 13.2 Å². The molecule has 0 amide bonds. The average Bonchev–Trinajstić information content (AvgIpc) is 2.12. The number of carboxylic acid groups (broad SMARTS) is 1. The van der Waals surface area contributed by atoms with E-state index in [0.717, 1.165) is 11.8 Å². The first kappa shape index (κ1) is 12.7. The highest BCUT2D eigenvalue weighted by Gasteiger charge is 2.24. The Morgan fingerprint density at radius 3 is 2.50 bits per heavy atom. The lowest BCUT2D eigenvalue weighted by molar-refractivity contribution is -0.138. The zero-order valence-corrected chi connectivity index (χ0v) is 9.99. The minimum absolute atomic E-state index is 0.369. The molecule has 0 saturated carbocycles. The van der Waals surface area contributed by atoms with Crippen LogP contribution in [0, 0.1) is 6.92 Å². The van der Waals surface area contributed by atoms with Crippen LogP contribution in [0.15, 0.2) is 24.3 Å². The Morgan fingerprint density at radius 2 is 2.06 bits per heavy atom. The molecule has 1 aromatic rings. The summed E-state index contributed by atoms with van der Waals surface area (Å²) in [5.41, 5.74) is 1.44. The van der Waals surface area contributed by atoms with Gasteiger partial charge in [0, 0.05) is 6.26 Å². The lowest BCUT2D eigenvalue weighted by atomic mass is 9.99. The van der Waals surface area contributed by atoms with Gasteiger partial charge in [0.25, 0.3) is 0 Å². The fourth-order valence-electron chi connectivity index (χ4n) is 1.50. The van der Waals surface area contributed by atoms with Gasteiger partial charge in [0.05, 0.1) is 11.7 Å². The van der Waals surface area contributed by atoms with E-state index in [1.54, 1.807) is 18.2 Å². The third-order valence-corrected chi connectivity index (χ3v) is 3.15. The molecule has 0 aliphatic carbocycles. The maximum Gasteiger partial charge on any atom is 0.312 e. The number of hydrogen-bond acceptors (Lipinski definition) is 3. The first-order valence-corrected chi connectivity index (χ1v) is 6.83. The van der Waals surface area contributed by atoms with Crippen LogP contribution in [-0.2, 0) is 14.6 Å². The molecule has 88 valence electrons. The quantitative estimate of drug-likeness (QED) is 0.861. The van der Waals surface area contributed by atoms with Gasteiger partial charge < -0.3 is 5.11 Å². The maximum atomic E-state index is 11.1. The molecule has 0 heterocycles. The monoisotopic (exact) mass is 242 g/mol. The van der Waals surface area contributed by atoms with Gasteiger partial charge in [-0.1, -0.05) is 29.8 Å². The van der Waals surface area contributed by atoms with Crippen molar-refractivity contribution in [3.8, 4) is 0 Å². The van der Waals surface area contributed by atoms with Gasteiger partial charge >= 0.3 is 5.97 Å². The summed E-state index contributed by atoms with van der Waals surface area (Å²) in [6.07, 6.45) is 1.04. The minimum atomic E-state index is -3.31. The number of hydrogen-bond donors (Lipinski definition) is 1. The first-order chi connectivity index (χ1) is 7.29. The zero-order valence-electron chi connectivity index (χ0n) is 9.17. The van der Waals surface area contributed by atoms with E-state index in [1.807, 2.05) is 13.0 Å². The van der Waals surface area contributed by atoms with Crippen LogP contribution in [0.4, 0.5) is 0 Å². The molecule has 0 aliphatic rings. The van der Waals surface area contributed by atoms with E-state index >= 15 is 0 Å². The molecular weight excluding hydrogens is 228 g/mol. The fraction of sp³-hybridized carbons (Fsp3) is 0.364. The topological polar surface area (TPSA) is 71.4 Å². The second-order valence-corrected chi connectivity index (χ2v) is 6.08. The summed E-state index contributed by atoms with van der Waals surface area (Å²) in [7, 11) is -3.31. The Balaban J connectivity index is 3.08. The molecule has 0 fully saturated rings. The number of benzene rings is 1. The molecule has 0 radical (unpaired) electrons. The second-order valence-electron chi connectivity index (χ2n) is 3.90. The standard InChI is InChI=1S/C11H14O4S/c1-8-4-3-5-9(6-8)10(11(12)13)7-16(2,14)15/h3-6,10H,7H2,1-2H3,(H,12,13). The molecule has 0 spiro atoms. The summed E-state index contributed by atoms with van der Waals surface area (Å²) in [5, 5.41) is 9.02. The largest absolute Gasteiger partial charge is 0.481 e. The molecule has 1 rings (SSSR count). The van der Waals surface area contributed by atoms with Crippen LogP contribution in [0.2, 0.25) is 0 Å². The molecule has 0 aliphatic heterocycles. The van der Waals surface area contributed by atoms with E-state index in [4.69, 9.17) is 5.11 Å². The number of aryl methyl sites for hydroxylation is 1. The third kappa shape index (κ3) is 3.66. The zero-order chi connectivity index (χ0) is 12.3. The van der Waals surface area contributed by atoms with Crippen LogP contribution in [0.25, 0.3) is 0 Å². The maximum absolute atomic E-state index is 11.1. The van der Waals surface area contributed by atoms with E-state index in [2.05, 4.69) is 0 Å². The third-order valence-electron chi connectivity index (χ3n) is 2.21. The normalized spacial score (nSPS) is 13.4. The summed E-state index contributed by atoms with van der Waals surface area (Å²) < 4.78 is 22.3. The van der Waals surface area contributed by atoms with Gasteiger partial charge in [0.1, 0.15) is 9.84 Å². The van der Waals surface area contributed by atoms with Gasteiger partial charge in [-0.2, -0.15) is 0 Å². The summed E-state index contributed by atoms with van der Waals surface area (Å²) in [5.74, 6) is -2.47. The molecule has 0 aromatic heterocycles. The molecule has 1 N–H and O–H groups in total. The average molecular weight is 242 g/mol. The number of aliphatic carboxylic acids is 1. The molecule has 0 bridgehead atoms. The van der Waals surface area contributed by atoms with Crippen molar-refractivity contribution >= 4 is 15.8 Å². The highest BCUT2D eigenvalue weighted by molar-refractivity contribution is 7.90. The van der Waals surface area contributed by atoms with Crippen LogP contribution in [0.5, 0.6) is 0 Å². The van der Waals surface area contributed by atoms with Crippen molar-refractivity contribution in [1.82, 2.24) is 0 Å². The van der Waals surface area contributed by atoms with Crippen molar-refractivity contribution in [3.05, 3.63) is 35.4 Å². The van der Waals surface area contributed by atoms with Crippen molar-refractivity contribution in [2.45, 2.75) is 12.8 Å². The van der Waals surface area contributed by atoms with Gasteiger partial charge in [-0.25, -0.2) is 8.42 Å². The molecule has 5 heteroatoms. The van der Waals surface area contributed by atoms with E-state index < -0.39 is 21.7 Å². The molecular formula is C11H14O4S. The lowest BCUT2D eigenvalue weighted by Crippen LogP contribution is -2.21. The molecule has 1 atom stereocenters.